The molecule has 10 heteroatoms. The van der Waals surface area contributed by atoms with Gasteiger partial charge in [0.25, 0.3) is 0 Å². The summed E-state index contributed by atoms with van der Waals surface area (Å²) in [5.74, 6) is -5.46. The molecule has 3 rings (SSSR count). The van der Waals surface area contributed by atoms with Crippen LogP contribution in [0.4, 0.5) is 0 Å². The molecular formula is C22H12Cl6O4. The molecule has 0 saturated carbocycles. The number of benzene rings is 3. The molecule has 0 atom stereocenters. The Kier molecular flexibility index (Phi) is 7.55. The van der Waals surface area contributed by atoms with Crippen LogP contribution in [0.5, 0.6) is 0 Å². The Morgan fingerprint density at radius 2 is 1.00 bits per heavy atom. The van der Waals surface area contributed by atoms with Crippen molar-refractivity contribution in [2.75, 3.05) is 0 Å². The largest absolute Gasteiger partial charge is 0.481 e. The van der Waals surface area contributed by atoms with Crippen molar-refractivity contribution in [1.29, 1.82) is 0 Å². The summed E-state index contributed by atoms with van der Waals surface area (Å²) in [4.78, 5) is 25.0. The second-order valence-corrected chi connectivity index (χ2v) is 9.27. The van der Waals surface area contributed by atoms with E-state index in [1.54, 1.807) is 30.3 Å². The average Bonchev–Trinajstić information content (AvgIpc) is 2.66. The van der Waals surface area contributed by atoms with E-state index in [9.17, 15) is 19.8 Å². The first-order valence-electron chi connectivity index (χ1n) is 8.83. The van der Waals surface area contributed by atoms with Crippen molar-refractivity contribution in [1.82, 2.24) is 0 Å². The third-order valence-electron chi connectivity index (χ3n) is 4.96. The Hall–Kier alpha value is -1.66. The molecule has 0 radical (unpaired) electrons. The van der Waals surface area contributed by atoms with Crippen LogP contribution >= 0.6 is 69.6 Å². The molecule has 0 aliphatic rings. The molecule has 0 fully saturated rings. The SMILES string of the molecule is O=C(O)C(C(=O)O)C(c1ccccc1)(c1c(Cl)cc(Cl)cc1Cl)c1c(Cl)cc(Cl)cc1Cl. The molecule has 32 heavy (non-hydrogen) atoms. The van der Waals surface area contributed by atoms with Gasteiger partial charge in [0.1, 0.15) is 0 Å². The van der Waals surface area contributed by atoms with E-state index in [0.29, 0.717) is 0 Å². The average molecular weight is 553 g/mol. The van der Waals surface area contributed by atoms with Crippen LogP contribution in [-0.4, -0.2) is 22.2 Å². The maximum absolute atomic E-state index is 12.5. The van der Waals surface area contributed by atoms with E-state index < -0.39 is 23.3 Å². The minimum atomic E-state index is -2.14. The lowest BCUT2D eigenvalue weighted by molar-refractivity contribution is -0.156. The first-order valence-corrected chi connectivity index (χ1v) is 11.1. The van der Waals surface area contributed by atoms with Crippen molar-refractivity contribution in [2.24, 2.45) is 5.92 Å². The number of halogens is 6. The number of hydrogen-bond acceptors (Lipinski definition) is 2. The smallest absolute Gasteiger partial charge is 0.319 e. The summed E-state index contributed by atoms with van der Waals surface area (Å²) in [7, 11) is 0. The fraction of sp³-hybridized carbons (Fsp3) is 0.0909. The van der Waals surface area contributed by atoms with Gasteiger partial charge in [-0.05, 0) is 29.8 Å². The molecular weight excluding hydrogens is 541 g/mol. The zero-order chi connectivity index (χ0) is 23.8. The second kappa shape index (κ2) is 9.68. The van der Waals surface area contributed by atoms with Gasteiger partial charge in [0, 0.05) is 41.3 Å². The first kappa shape index (κ1) is 25.0. The van der Waals surface area contributed by atoms with Crippen LogP contribution < -0.4 is 0 Å². The molecule has 0 saturated heterocycles. The van der Waals surface area contributed by atoms with Crippen LogP contribution in [0, 0.1) is 5.92 Å². The highest BCUT2D eigenvalue weighted by atomic mass is 35.5. The summed E-state index contributed by atoms with van der Waals surface area (Å²) in [6.07, 6.45) is 0. The van der Waals surface area contributed by atoms with Crippen LogP contribution in [0.15, 0.2) is 54.6 Å². The number of aliphatic carboxylic acids is 2. The fourth-order valence-corrected chi connectivity index (χ4v) is 6.11. The predicted octanol–water partition coefficient (Wildman–Crippen LogP) is 7.73. The summed E-state index contributed by atoms with van der Waals surface area (Å²) in [5.41, 5.74) is -1.89. The van der Waals surface area contributed by atoms with Crippen molar-refractivity contribution in [3.63, 3.8) is 0 Å². The van der Waals surface area contributed by atoms with Crippen molar-refractivity contribution in [3.8, 4) is 0 Å². The predicted molar refractivity (Wildman–Crippen MR) is 128 cm³/mol. The van der Waals surface area contributed by atoms with Gasteiger partial charge >= 0.3 is 11.9 Å². The van der Waals surface area contributed by atoms with Gasteiger partial charge in [0.2, 0.25) is 0 Å². The maximum atomic E-state index is 12.5. The molecule has 0 heterocycles. The molecule has 0 spiro atoms. The third kappa shape index (κ3) is 4.28. The van der Waals surface area contributed by atoms with Crippen LogP contribution in [0.1, 0.15) is 16.7 Å². The van der Waals surface area contributed by atoms with Gasteiger partial charge in [0.15, 0.2) is 5.92 Å². The Morgan fingerprint density at radius 1 is 0.656 bits per heavy atom. The number of carboxylic acids is 2. The Labute approximate surface area is 213 Å². The third-order valence-corrected chi connectivity index (χ3v) is 6.59. The maximum Gasteiger partial charge on any atom is 0.319 e. The number of carbonyl (C=O) groups is 2. The van der Waals surface area contributed by atoms with Crippen LogP contribution in [0.3, 0.4) is 0 Å². The van der Waals surface area contributed by atoms with Crippen molar-refractivity contribution >= 4 is 81.5 Å². The molecule has 0 aromatic heterocycles. The number of hydrogen-bond donors (Lipinski definition) is 2. The van der Waals surface area contributed by atoms with Gasteiger partial charge < -0.3 is 10.2 Å². The Morgan fingerprint density at radius 3 is 1.31 bits per heavy atom. The zero-order valence-electron chi connectivity index (χ0n) is 15.8. The molecule has 0 amide bonds. The molecule has 2 N–H and O–H groups in total. The lowest BCUT2D eigenvalue weighted by atomic mass is 9.61. The highest BCUT2D eigenvalue weighted by Gasteiger charge is 2.55. The molecule has 0 aliphatic carbocycles. The number of carboxylic acid groups (broad SMARTS) is 2. The lowest BCUT2D eigenvalue weighted by Crippen LogP contribution is -2.47. The van der Waals surface area contributed by atoms with Gasteiger partial charge in [-0.15, -0.1) is 0 Å². The Bertz CT molecular complexity index is 1090. The van der Waals surface area contributed by atoms with Crippen LogP contribution in [0.25, 0.3) is 0 Å². The van der Waals surface area contributed by atoms with Gasteiger partial charge in [-0.3, -0.25) is 9.59 Å². The molecule has 3 aromatic rings. The molecule has 166 valence electrons. The standard InChI is InChI=1S/C22H12Cl6O4/c23-11-6-13(25)17(14(26)7-11)22(10-4-2-1-3-5-10,19(20(29)30)21(31)32)18-15(27)8-12(24)9-16(18)28/h1-9,19H,(H,29,30)(H,31,32). The summed E-state index contributed by atoms with van der Waals surface area (Å²) in [5, 5.41) is 20.3. The molecule has 0 unspecified atom stereocenters. The summed E-state index contributed by atoms with van der Waals surface area (Å²) >= 11 is 38.3. The first-order chi connectivity index (χ1) is 15.0. The molecule has 0 aliphatic heterocycles. The summed E-state index contributed by atoms with van der Waals surface area (Å²) in [6, 6.07) is 13.3. The molecule has 0 bridgehead atoms. The van der Waals surface area contributed by atoms with Gasteiger partial charge in [0.05, 0.1) is 5.41 Å². The monoisotopic (exact) mass is 550 g/mol. The summed E-state index contributed by atoms with van der Waals surface area (Å²) in [6.45, 7) is 0. The van der Waals surface area contributed by atoms with Crippen LogP contribution in [-0.2, 0) is 15.0 Å². The second-order valence-electron chi connectivity index (χ2n) is 6.77. The molecule has 4 nitrogen and oxygen atoms in total. The molecule has 3 aromatic carbocycles. The van der Waals surface area contributed by atoms with Gasteiger partial charge in [-0.2, -0.15) is 0 Å². The minimum Gasteiger partial charge on any atom is -0.481 e. The number of rotatable bonds is 6. The van der Waals surface area contributed by atoms with Crippen molar-refractivity contribution in [3.05, 3.63) is 101 Å². The highest BCUT2D eigenvalue weighted by Crippen LogP contribution is 2.55. The van der Waals surface area contributed by atoms with Gasteiger partial charge in [-0.25, -0.2) is 0 Å². The fourth-order valence-electron chi connectivity index (χ4n) is 3.88. The van der Waals surface area contributed by atoms with E-state index in [-0.39, 0.29) is 46.8 Å². The normalized spacial score (nSPS) is 11.6. The Balaban J connectivity index is 2.70. The quantitative estimate of drug-likeness (QED) is 0.242. The topological polar surface area (TPSA) is 74.6 Å². The van der Waals surface area contributed by atoms with E-state index in [1.165, 1.54) is 24.3 Å². The summed E-state index contributed by atoms with van der Waals surface area (Å²) < 4.78 is 0. The van der Waals surface area contributed by atoms with E-state index in [2.05, 4.69) is 0 Å². The minimum absolute atomic E-state index is 0.0302. The van der Waals surface area contributed by atoms with E-state index in [1.807, 2.05) is 0 Å². The van der Waals surface area contributed by atoms with E-state index in [0.717, 1.165) is 0 Å². The van der Waals surface area contributed by atoms with E-state index >= 15 is 0 Å². The van der Waals surface area contributed by atoms with E-state index in [4.69, 9.17) is 69.6 Å². The lowest BCUT2D eigenvalue weighted by Gasteiger charge is -2.40. The highest BCUT2D eigenvalue weighted by molar-refractivity contribution is 6.41. The van der Waals surface area contributed by atoms with Gasteiger partial charge in [-0.1, -0.05) is 99.9 Å². The zero-order valence-corrected chi connectivity index (χ0v) is 20.3. The van der Waals surface area contributed by atoms with Crippen molar-refractivity contribution < 1.29 is 19.8 Å². The van der Waals surface area contributed by atoms with Crippen molar-refractivity contribution in [2.45, 2.75) is 5.41 Å². The van der Waals surface area contributed by atoms with Crippen LogP contribution in [0.2, 0.25) is 30.1 Å².